The molecule has 3 atom stereocenters. The van der Waals surface area contributed by atoms with Gasteiger partial charge in [-0.05, 0) is 43.4 Å². The van der Waals surface area contributed by atoms with Gasteiger partial charge in [-0.25, -0.2) is 9.59 Å². The summed E-state index contributed by atoms with van der Waals surface area (Å²) in [6, 6.07) is 0.917. The van der Waals surface area contributed by atoms with Crippen LogP contribution in [-0.2, 0) is 9.59 Å². The standard InChI is InChI=1S/C19H32N2.C2H2O4/c1-2-4-6-19(5-3-1)21-11-9-20(10-12-21)15-18-14-16-7-8-17(18)13-16;3-1(4)2(5)6/h7-8,16-19H,1-6,9-15H2;(H,3,4)(H,5,6). The van der Waals surface area contributed by atoms with Crippen LogP contribution in [0.25, 0.3) is 0 Å². The van der Waals surface area contributed by atoms with Crippen LogP contribution in [0.2, 0.25) is 0 Å². The molecule has 152 valence electrons. The van der Waals surface area contributed by atoms with Crippen LogP contribution in [0.1, 0.15) is 51.4 Å². The van der Waals surface area contributed by atoms with Crippen LogP contribution in [0.5, 0.6) is 0 Å². The van der Waals surface area contributed by atoms with Crippen molar-refractivity contribution in [3.63, 3.8) is 0 Å². The van der Waals surface area contributed by atoms with Gasteiger partial charge in [0.1, 0.15) is 0 Å². The largest absolute Gasteiger partial charge is 0.473 e. The molecule has 2 N–H and O–H groups in total. The van der Waals surface area contributed by atoms with Gasteiger partial charge in [0.05, 0.1) is 0 Å². The normalized spacial score (nSPS) is 31.9. The third-order valence-electron chi connectivity index (χ3n) is 6.84. The summed E-state index contributed by atoms with van der Waals surface area (Å²) in [4.78, 5) is 23.8. The van der Waals surface area contributed by atoms with Crippen molar-refractivity contribution in [2.24, 2.45) is 17.8 Å². The van der Waals surface area contributed by atoms with E-state index in [1.165, 1.54) is 84.1 Å². The van der Waals surface area contributed by atoms with Gasteiger partial charge < -0.3 is 15.1 Å². The number of carboxylic acid groups (broad SMARTS) is 2. The van der Waals surface area contributed by atoms with Crippen molar-refractivity contribution in [1.82, 2.24) is 9.80 Å². The van der Waals surface area contributed by atoms with E-state index in [2.05, 4.69) is 22.0 Å². The van der Waals surface area contributed by atoms with Gasteiger partial charge in [0, 0.05) is 38.8 Å². The molecule has 2 bridgehead atoms. The quantitative estimate of drug-likeness (QED) is 0.446. The van der Waals surface area contributed by atoms with Crippen LogP contribution in [0.3, 0.4) is 0 Å². The molecule has 0 aromatic rings. The third-order valence-corrected chi connectivity index (χ3v) is 6.84. The number of hydrogen-bond acceptors (Lipinski definition) is 4. The topological polar surface area (TPSA) is 81.1 Å². The van der Waals surface area contributed by atoms with Crippen molar-refractivity contribution in [3.8, 4) is 0 Å². The third kappa shape index (κ3) is 5.79. The van der Waals surface area contributed by atoms with Gasteiger partial charge in [-0.1, -0.05) is 37.8 Å². The molecule has 1 saturated heterocycles. The fourth-order valence-electron chi connectivity index (χ4n) is 5.37. The predicted molar refractivity (Wildman–Crippen MR) is 104 cm³/mol. The van der Waals surface area contributed by atoms with Crippen LogP contribution >= 0.6 is 0 Å². The second kappa shape index (κ2) is 9.69. The van der Waals surface area contributed by atoms with Crippen molar-refractivity contribution in [3.05, 3.63) is 12.2 Å². The number of rotatable bonds is 3. The van der Waals surface area contributed by atoms with Crippen molar-refractivity contribution in [2.45, 2.75) is 57.4 Å². The number of nitrogens with zero attached hydrogens (tertiary/aromatic N) is 2. The lowest BCUT2D eigenvalue weighted by Crippen LogP contribution is -2.51. The zero-order valence-corrected chi connectivity index (χ0v) is 16.3. The Hall–Kier alpha value is -1.40. The highest BCUT2D eigenvalue weighted by molar-refractivity contribution is 6.27. The maximum Gasteiger partial charge on any atom is 0.414 e. The lowest BCUT2D eigenvalue weighted by atomic mass is 9.93. The first-order chi connectivity index (χ1) is 13.0. The second-order valence-corrected chi connectivity index (χ2v) is 8.63. The van der Waals surface area contributed by atoms with E-state index in [9.17, 15) is 0 Å². The zero-order chi connectivity index (χ0) is 19.2. The summed E-state index contributed by atoms with van der Waals surface area (Å²) in [5.41, 5.74) is 0. The minimum Gasteiger partial charge on any atom is -0.473 e. The average Bonchev–Trinajstić information content (AvgIpc) is 3.16. The predicted octanol–water partition coefficient (Wildman–Crippen LogP) is 2.69. The van der Waals surface area contributed by atoms with E-state index in [4.69, 9.17) is 19.8 Å². The first-order valence-corrected chi connectivity index (χ1v) is 10.6. The van der Waals surface area contributed by atoms with E-state index in [0.29, 0.717) is 0 Å². The molecule has 27 heavy (non-hydrogen) atoms. The summed E-state index contributed by atoms with van der Waals surface area (Å²) in [5.74, 6) is -0.809. The minimum absolute atomic E-state index is 0.917. The van der Waals surface area contributed by atoms with E-state index in [-0.39, 0.29) is 0 Å². The van der Waals surface area contributed by atoms with Gasteiger partial charge in [0.15, 0.2) is 0 Å². The Morgan fingerprint density at radius 1 is 0.852 bits per heavy atom. The molecule has 1 heterocycles. The number of carbonyl (C=O) groups is 2. The molecule has 0 aromatic heterocycles. The second-order valence-electron chi connectivity index (χ2n) is 8.63. The Labute approximate surface area is 162 Å². The lowest BCUT2D eigenvalue weighted by molar-refractivity contribution is -0.159. The summed E-state index contributed by atoms with van der Waals surface area (Å²) >= 11 is 0. The van der Waals surface area contributed by atoms with E-state index < -0.39 is 11.9 Å². The van der Waals surface area contributed by atoms with Crippen LogP contribution in [0.4, 0.5) is 0 Å². The Kier molecular flexibility index (Phi) is 7.30. The van der Waals surface area contributed by atoms with E-state index >= 15 is 0 Å². The summed E-state index contributed by atoms with van der Waals surface area (Å²) in [7, 11) is 0. The summed E-state index contributed by atoms with van der Waals surface area (Å²) in [5, 5.41) is 14.8. The van der Waals surface area contributed by atoms with Crippen LogP contribution in [0, 0.1) is 17.8 Å². The van der Waals surface area contributed by atoms with Crippen LogP contribution in [0.15, 0.2) is 12.2 Å². The van der Waals surface area contributed by atoms with Gasteiger partial charge in [-0.3, -0.25) is 4.90 Å². The highest BCUT2D eigenvalue weighted by atomic mass is 16.4. The van der Waals surface area contributed by atoms with Crippen LogP contribution < -0.4 is 0 Å². The maximum atomic E-state index is 9.10. The number of aliphatic carboxylic acids is 2. The molecule has 2 saturated carbocycles. The van der Waals surface area contributed by atoms with E-state index in [0.717, 1.165) is 23.8 Å². The van der Waals surface area contributed by atoms with Gasteiger partial charge in [0.2, 0.25) is 0 Å². The lowest BCUT2D eigenvalue weighted by Gasteiger charge is -2.40. The fourth-order valence-corrected chi connectivity index (χ4v) is 5.37. The van der Waals surface area contributed by atoms with Crippen LogP contribution in [-0.4, -0.2) is 70.7 Å². The monoisotopic (exact) mass is 378 g/mol. The van der Waals surface area contributed by atoms with E-state index in [1.54, 1.807) is 0 Å². The Morgan fingerprint density at radius 3 is 1.96 bits per heavy atom. The maximum absolute atomic E-state index is 9.10. The van der Waals surface area contributed by atoms with Crippen molar-refractivity contribution in [1.29, 1.82) is 0 Å². The molecule has 0 radical (unpaired) electrons. The number of piperazine rings is 1. The molecule has 6 nitrogen and oxygen atoms in total. The summed E-state index contributed by atoms with van der Waals surface area (Å²) < 4.78 is 0. The molecular weight excluding hydrogens is 344 g/mol. The van der Waals surface area contributed by atoms with Gasteiger partial charge in [-0.2, -0.15) is 0 Å². The van der Waals surface area contributed by atoms with Gasteiger partial charge in [-0.15, -0.1) is 0 Å². The van der Waals surface area contributed by atoms with Crippen molar-refractivity contribution < 1.29 is 19.8 Å². The molecule has 0 spiro atoms. The van der Waals surface area contributed by atoms with Crippen molar-refractivity contribution >= 4 is 11.9 Å². The van der Waals surface area contributed by atoms with Gasteiger partial charge in [0.25, 0.3) is 0 Å². The molecule has 3 unspecified atom stereocenters. The number of allylic oxidation sites excluding steroid dienone is 2. The molecule has 3 aliphatic carbocycles. The van der Waals surface area contributed by atoms with E-state index in [1.807, 2.05) is 0 Å². The molecular formula is C21H34N2O4. The number of fused-ring (bicyclic) bond motifs is 2. The SMILES string of the molecule is C1=CC2CC1CC2CN1CCN(C2CCCCCC2)CC1.O=C(O)C(=O)O. The molecule has 1 aliphatic heterocycles. The zero-order valence-electron chi connectivity index (χ0n) is 16.3. The Morgan fingerprint density at radius 2 is 1.48 bits per heavy atom. The smallest absolute Gasteiger partial charge is 0.414 e. The summed E-state index contributed by atoms with van der Waals surface area (Å²) in [6.45, 7) is 6.70. The Balaban J connectivity index is 0.000000307. The molecule has 4 aliphatic rings. The first kappa shape index (κ1) is 20.3. The molecule has 6 heteroatoms. The minimum atomic E-state index is -1.82. The average molecular weight is 379 g/mol. The number of carboxylic acids is 2. The molecule has 0 amide bonds. The highest BCUT2D eigenvalue weighted by Gasteiger charge is 2.37. The first-order valence-electron chi connectivity index (χ1n) is 10.6. The molecule has 3 fully saturated rings. The molecule has 0 aromatic carbocycles. The highest BCUT2D eigenvalue weighted by Crippen LogP contribution is 2.43. The number of hydrogen-bond donors (Lipinski definition) is 2. The summed E-state index contributed by atoms with van der Waals surface area (Å²) in [6.07, 6.45) is 16.8. The van der Waals surface area contributed by atoms with Crippen molar-refractivity contribution in [2.75, 3.05) is 32.7 Å². The van der Waals surface area contributed by atoms with Gasteiger partial charge >= 0.3 is 11.9 Å². The Bertz CT molecular complexity index is 522. The molecule has 4 rings (SSSR count). The fraction of sp³-hybridized carbons (Fsp3) is 0.810.